The maximum Gasteiger partial charge on any atom is 0.416 e. The van der Waals surface area contributed by atoms with Gasteiger partial charge >= 0.3 is 6.18 Å². The van der Waals surface area contributed by atoms with Crippen molar-refractivity contribution in [3.63, 3.8) is 0 Å². The van der Waals surface area contributed by atoms with E-state index in [1.165, 1.54) is 0 Å². The molecule has 1 aromatic rings. The minimum absolute atomic E-state index is 0. The van der Waals surface area contributed by atoms with E-state index in [1.807, 2.05) is 0 Å². The lowest BCUT2D eigenvalue weighted by atomic mass is 10.0. The molecule has 0 aromatic heterocycles. The minimum Gasteiger partial charge on any atom is -0.379 e. The first kappa shape index (κ1) is 23.2. The molecule has 9 heteroatoms. The Balaban J connectivity index is 0.00000280. The standard InChI is InChI=1S/C19H27F3N4O.HI/c1-13-11-16(13)25-18(23-2)24-12-17(26-7-9-27-10-8-26)14-3-5-15(6-4-14)19(20,21)22;/h3-6,13,16-17H,7-12H2,1-2H3,(H2,23,24,25);1H. The second kappa shape index (κ2) is 10.1. The van der Waals surface area contributed by atoms with Gasteiger partial charge in [0.05, 0.1) is 24.8 Å². The number of nitrogens with zero attached hydrogens (tertiary/aromatic N) is 2. The molecule has 2 aliphatic rings. The van der Waals surface area contributed by atoms with Gasteiger partial charge in [0.2, 0.25) is 0 Å². The normalized spacial score (nSPS) is 24.2. The number of rotatable bonds is 5. The van der Waals surface area contributed by atoms with Gasteiger partial charge < -0.3 is 15.4 Å². The average molecular weight is 512 g/mol. The summed E-state index contributed by atoms with van der Waals surface area (Å²) in [6, 6.07) is 5.85. The first-order valence-electron chi connectivity index (χ1n) is 9.34. The van der Waals surface area contributed by atoms with Crippen LogP contribution in [0.3, 0.4) is 0 Å². The highest BCUT2D eigenvalue weighted by Crippen LogP contribution is 2.31. The van der Waals surface area contributed by atoms with Gasteiger partial charge in [0.25, 0.3) is 0 Å². The van der Waals surface area contributed by atoms with Crippen molar-refractivity contribution in [1.29, 1.82) is 0 Å². The zero-order valence-corrected chi connectivity index (χ0v) is 18.5. The van der Waals surface area contributed by atoms with Gasteiger partial charge in [-0.1, -0.05) is 19.1 Å². The molecule has 2 N–H and O–H groups in total. The fourth-order valence-corrected chi connectivity index (χ4v) is 3.33. The number of halogens is 4. The molecule has 3 atom stereocenters. The first-order chi connectivity index (χ1) is 12.9. The van der Waals surface area contributed by atoms with Gasteiger partial charge in [-0.05, 0) is 30.0 Å². The van der Waals surface area contributed by atoms with E-state index < -0.39 is 11.7 Å². The Morgan fingerprint density at radius 2 is 1.86 bits per heavy atom. The fraction of sp³-hybridized carbons (Fsp3) is 0.632. The Kier molecular flexibility index (Phi) is 8.38. The summed E-state index contributed by atoms with van der Waals surface area (Å²) >= 11 is 0. The molecule has 0 amide bonds. The summed E-state index contributed by atoms with van der Waals surface area (Å²) in [6.45, 7) is 5.50. The summed E-state index contributed by atoms with van der Waals surface area (Å²) in [6.07, 6.45) is -3.19. The third-order valence-electron chi connectivity index (χ3n) is 5.23. The maximum atomic E-state index is 12.9. The number of ether oxygens (including phenoxy) is 1. The van der Waals surface area contributed by atoms with E-state index in [1.54, 1.807) is 19.2 Å². The predicted molar refractivity (Wildman–Crippen MR) is 114 cm³/mol. The highest BCUT2D eigenvalue weighted by atomic mass is 127. The molecular formula is C19H28F3IN4O. The van der Waals surface area contributed by atoms with Crippen LogP contribution in [0.4, 0.5) is 13.2 Å². The predicted octanol–water partition coefficient (Wildman–Crippen LogP) is 3.27. The molecule has 5 nitrogen and oxygen atoms in total. The molecule has 1 aliphatic heterocycles. The second-order valence-corrected chi connectivity index (χ2v) is 7.20. The van der Waals surface area contributed by atoms with E-state index >= 15 is 0 Å². The summed E-state index contributed by atoms with van der Waals surface area (Å²) < 4.78 is 44.0. The van der Waals surface area contributed by atoms with Gasteiger partial charge in [-0.2, -0.15) is 13.2 Å². The lowest BCUT2D eigenvalue weighted by Crippen LogP contribution is -2.46. The van der Waals surface area contributed by atoms with Crippen LogP contribution in [0, 0.1) is 5.92 Å². The number of aliphatic imine (C=N–C) groups is 1. The Morgan fingerprint density at radius 3 is 2.36 bits per heavy atom. The van der Waals surface area contributed by atoms with Crippen molar-refractivity contribution >= 4 is 29.9 Å². The summed E-state index contributed by atoms with van der Waals surface area (Å²) in [5.74, 6) is 1.38. The highest BCUT2D eigenvalue weighted by molar-refractivity contribution is 14.0. The summed E-state index contributed by atoms with van der Waals surface area (Å²) in [5, 5.41) is 6.71. The second-order valence-electron chi connectivity index (χ2n) is 7.20. The van der Waals surface area contributed by atoms with Crippen molar-refractivity contribution in [1.82, 2.24) is 15.5 Å². The van der Waals surface area contributed by atoms with Gasteiger partial charge in [0.15, 0.2) is 5.96 Å². The first-order valence-corrected chi connectivity index (χ1v) is 9.34. The van der Waals surface area contributed by atoms with Crippen LogP contribution in [-0.4, -0.2) is 56.8 Å². The van der Waals surface area contributed by atoms with E-state index in [2.05, 4.69) is 27.4 Å². The van der Waals surface area contributed by atoms with E-state index in [0.29, 0.717) is 31.7 Å². The van der Waals surface area contributed by atoms with Crippen LogP contribution >= 0.6 is 24.0 Å². The summed E-state index contributed by atoms with van der Waals surface area (Å²) in [5.41, 5.74) is 0.229. The zero-order valence-electron chi connectivity index (χ0n) is 16.1. The zero-order chi connectivity index (χ0) is 19.4. The van der Waals surface area contributed by atoms with Crippen molar-refractivity contribution in [3.05, 3.63) is 35.4 Å². The fourth-order valence-electron chi connectivity index (χ4n) is 3.33. The number of nitrogens with one attached hydrogen (secondary N) is 2. The van der Waals surface area contributed by atoms with Crippen molar-refractivity contribution in [2.75, 3.05) is 39.9 Å². The molecule has 3 rings (SSSR count). The average Bonchev–Trinajstić information content (AvgIpc) is 3.36. The van der Waals surface area contributed by atoms with Crippen LogP contribution in [0.1, 0.15) is 30.5 Å². The molecule has 1 saturated carbocycles. The SMILES string of the molecule is CN=C(NCC(c1ccc(C(F)(F)F)cc1)N1CCOCC1)NC1CC1C.I. The third kappa shape index (κ3) is 6.21. The molecular weight excluding hydrogens is 484 g/mol. The van der Waals surface area contributed by atoms with Gasteiger partial charge in [-0.3, -0.25) is 9.89 Å². The molecule has 28 heavy (non-hydrogen) atoms. The molecule has 3 unspecified atom stereocenters. The van der Waals surface area contributed by atoms with Crippen molar-refractivity contribution in [3.8, 4) is 0 Å². The van der Waals surface area contributed by atoms with Crippen molar-refractivity contribution < 1.29 is 17.9 Å². The number of benzene rings is 1. The molecule has 1 saturated heterocycles. The van der Waals surface area contributed by atoms with Crippen LogP contribution in [0.25, 0.3) is 0 Å². The Labute approximate surface area is 181 Å². The topological polar surface area (TPSA) is 48.9 Å². The van der Waals surface area contributed by atoms with E-state index in [0.717, 1.165) is 43.2 Å². The minimum atomic E-state index is -4.32. The molecule has 0 bridgehead atoms. The van der Waals surface area contributed by atoms with Crippen LogP contribution in [0.5, 0.6) is 0 Å². The van der Waals surface area contributed by atoms with E-state index in [9.17, 15) is 13.2 Å². The number of hydrogen-bond donors (Lipinski definition) is 2. The lowest BCUT2D eigenvalue weighted by Gasteiger charge is -2.35. The Bertz CT molecular complexity index is 648. The number of hydrogen-bond acceptors (Lipinski definition) is 3. The maximum absolute atomic E-state index is 12.9. The molecule has 158 valence electrons. The van der Waals surface area contributed by atoms with Crippen LogP contribution in [0.2, 0.25) is 0 Å². The Morgan fingerprint density at radius 1 is 1.25 bits per heavy atom. The quantitative estimate of drug-likeness (QED) is 0.362. The number of morpholine rings is 1. The van der Waals surface area contributed by atoms with E-state index in [-0.39, 0.29) is 30.0 Å². The van der Waals surface area contributed by atoms with Crippen molar-refractivity contribution in [2.24, 2.45) is 10.9 Å². The van der Waals surface area contributed by atoms with Crippen LogP contribution in [0.15, 0.2) is 29.3 Å². The highest BCUT2D eigenvalue weighted by Gasteiger charge is 2.34. The van der Waals surface area contributed by atoms with Gasteiger partial charge in [0, 0.05) is 32.7 Å². The molecule has 2 fully saturated rings. The monoisotopic (exact) mass is 512 g/mol. The van der Waals surface area contributed by atoms with Gasteiger partial charge in [-0.25, -0.2) is 0 Å². The number of guanidine groups is 1. The third-order valence-corrected chi connectivity index (χ3v) is 5.23. The summed E-state index contributed by atoms with van der Waals surface area (Å²) in [4.78, 5) is 6.50. The van der Waals surface area contributed by atoms with Crippen LogP contribution < -0.4 is 10.6 Å². The van der Waals surface area contributed by atoms with Crippen molar-refractivity contribution in [2.45, 2.75) is 31.6 Å². The lowest BCUT2D eigenvalue weighted by molar-refractivity contribution is -0.137. The van der Waals surface area contributed by atoms with Crippen LogP contribution in [-0.2, 0) is 10.9 Å². The Hall–Kier alpha value is -1.07. The van der Waals surface area contributed by atoms with E-state index in [4.69, 9.17) is 4.74 Å². The smallest absolute Gasteiger partial charge is 0.379 e. The number of alkyl halides is 3. The molecule has 1 aromatic carbocycles. The molecule has 1 heterocycles. The largest absolute Gasteiger partial charge is 0.416 e. The molecule has 0 radical (unpaired) electrons. The molecule has 1 aliphatic carbocycles. The van der Waals surface area contributed by atoms with Gasteiger partial charge in [-0.15, -0.1) is 24.0 Å². The molecule has 0 spiro atoms. The van der Waals surface area contributed by atoms with Gasteiger partial charge in [0.1, 0.15) is 0 Å². The summed E-state index contributed by atoms with van der Waals surface area (Å²) in [7, 11) is 1.73.